The molecule has 0 saturated heterocycles. The number of aromatic nitrogens is 1. The molecule has 98 valence electrons. The topological polar surface area (TPSA) is 34.1 Å². The van der Waals surface area contributed by atoms with Crippen molar-refractivity contribution in [2.45, 2.75) is 12.5 Å². The van der Waals surface area contributed by atoms with Crippen LogP contribution < -0.4 is 10.1 Å². The van der Waals surface area contributed by atoms with E-state index in [9.17, 15) is 0 Å². The average molecular weight is 340 g/mol. The van der Waals surface area contributed by atoms with Crippen LogP contribution in [0, 0.1) is 0 Å². The minimum absolute atomic E-state index is 0.187. The Morgan fingerprint density at radius 1 is 1.32 bits per heavy atom. The fraction of sp³-hybridized carbons (Fsp3) is 0.214. The minimum atomic E-state index is 0.187. The molecule has 1 atom stereocenters. The number of rotatable bonds is 2. The summed E-state index contributed by atoms with van der Waals surface area (Å²) in [5, 5.41) is 3.90. The van der Waals surface area contributed by atoms with Crippen LogP contribution in [0.4, 0.5) is 5.82 Å². The number of nitrogens with one attached hydrogen (secondary N) is 1. The highest BCUT2D eigenvalue weighted by molar-refractivity contribution is 9.10. The first-order valence-electron chi connectivity index (χ1n) is 6.04. The van der Waals surface area contributed by atoms with E-state index in [4.69, 9.17) is 16.3 Å². The zero-order valence-corrected chi connectivity index (χ0v) is 12.4. The van der Waals surface area contributed by atoms with Gasteiger partial charge in [0.15, 0.2) is 0 Å². The Balaban J connectivity index is 1.89. The third-order valence-corrected chi connectivity index (χ3v) is 3.75. The molecule has 1 unspecified atom stereocenters. The van der Waals surface area contributed by atoms with Crippen LogP contribution in [-0.2, 0) is 0 Å². The quantitative estimate of drug-likeness (QED) is 0.822. The second-order valence-electron chi connectivity index (χ2n) is 4.36. The molecular weight excluding hydrogens is 328 g/mol. The summed E-state index contributed by atoms with van der Waals surface area (Å²) in [6, 6.07) is 11.8. The highest BCUT2D eigenvalue weighted by atomic mass is 79.9. The molecule has 1 N–H and O–H groups in total. The van der Waals surface area contributed by atoms with Crippen molar-refractivity contribution in [2.75, 3.05) is 11.9 Å². The van der Waals surface area contributed by atoms with Crippen LogP contribution in [0.5, 0.6) is 5.75 Å². The molecule has 0 amide bonds. The number of hydrogen-bond acceptors (Lipinski definition) is 3. The van der Waals surface area contributed by atoms with Crippen molar-refractivity contribution in [1.82, 2.24) is 4.98 Å². The maximum absolute atomic E-state index is 5.90. The van der Waals surface area contributed by atoms with E-state index in [-0.39, 0.29) is 6.04 Å². The van der Waals surface area contributed by atoms with Crippen LogP contribution in [0.1, 0.15) is 18.0 Å². The van der Waals surface area contributed by atoms with E-state index in [2.05, 4.69) is 32.3 Å². The summed E-state index contributed by atoms with van der Waals surface area (Å²) in [6.07, 6.45) is 0.900. The molecule has 2 aromatic rings. The lowest BCUT2D eigenvalue weighted by molar-refractivity contribution is 0.274. The fourth-order valence-corrected chi connectivity index (χ4v) is 2.72. The van der Waals surface area contributed by atoms with E-state index < -0.39 is 0 Å². The van der Waals surface area contributed by atoms with E-state index in [1.165, 1.54) is 0 Å². The zero-order chi connectivity index (χ0) is 13.2. The first-order chi connectivity index (χ1) is 9.22. The molecule has 0 spiro atoms. The average Bonchev–Trinajstić information content (AvgIpc) is 2.39. The van der Waals surface area contributed by atoms with Crippen LogP contribution in [0.15, 0.2) is 40.9 Å². The summed E-state index contributed by atoms with van der Waals surface area (Å²) < 4.78 is 6.71. The summed E-state index contributed by atoms with van der Waals surface area (Å²) in [7, 11) is 0. The SMILES string of the molecule is Clc1cccc(NC2CCOc3ccc(Br)cc32)n1. The van der Waals surface area contributed by atoms with Gasteiger partial charge in [0.05, 0.1) is 12.6 Å². The smallest absolute Gasteiger partial charge is 0.131 e. The summed E-state index contributed by atoms with van der Waals surface area (Å²) in [4.78, 5) is 4.26. The molecule has 3 rings (SSSR count). The number of fused-ring (bicyclic) bond motifs is 1. The molecule has 0 fully saturated rings. The van der Waals surface area contributed by atoms with Gasteiger partial charge in [-0.3, -0.25) is 0 Å². The van der Waals surface area contributed by atoms with Crippen LogP contribution in [0.2, 0.25) is 5.15 Å². The molecule has 1 aliphatic rings. The lowest BCUT2D eigenvalue weighted by Crippen LogP contribution is -2.20. The second-order valence-corrected chi connectivity index (χ2v) is 5.66. The number of nitrogens with zero attached hydrogens (tertiary/aromatic N) is 1. The number of ether oxygens (including phenoxy) is 1. The molecule has 0 saturated carbocycles. The van der Waals surface area contributed by atoms with Crippen molar-refractivity contribution in [3.05, 3.63) is 51.6 Å². The summed E-state index contributed by atoms with van der Waals surface area (Å²) in [5.41, 5.74) is 1.14. The van der Waals surface area contributed by atoms with Gasteiger partial charge < -0.3 is 10.1 Å². The molecule has 0 bridgehead atoms. The van der Waals surface area contributed by atoms with Crippen LogP contribution >= 0.6 is 27.5 Å². The van der Waals surface area contributed by atoms with E-state index in [0.717, 1.165) is 28.0 Å². The van der Waals surface area contributed by atoms with Gasteiger partial charge in [0, 0.05) is 16.5 Å². The summed E-state index contributed by atoms with van der Waals surface area (Å²) >= 11 is 9.40. The first kappa shape index (κ1) is 12.8. The number of benzene rings is 1. The van der Waals surface area contributed by atoms with E-state index in [1.54, 1.807) is 6.07 Å². The van der Waals surface area contributed by atoms with Gasteiger partial charge in [-0.15, -0.1) is 0 Å². The molecule has 0 aliphatic carbocycles. The van der Waals surface area contributed by atoms with Crippen molar-refractivity contribution in [2.24, 2.45) is 0 Å². The highest BCUT2D eigenvalue weighted by Crippen LogP contribution is 2.35. The van der Waals surface area contributed by atoms with Crippen LogP contribution in [-0.4, -0.2) is 11.6 Å². The third-order valence-electron chi connectivity index (χ3n) is 3.05. The molecule has 1 aromatic carbocycles. The predicted octanol–water partition coefficient (Wildman–Crippen LogP) is 4.43. The standard InChI is InChI=1S/C14H12BrClN2O/c15-9-4-5-12-10(8-9)11(6-7-19-12)17-14-3-1-2-13(16)18-14/h1-5,8,11H,6-7H2,(H,17,18). The summed E-state index contributed by atoms with van der Waals surface area (Å²) in [5.74, 6) is 1.71. The Bertz CT molecular complexity index is 606. The molecule has 2 heterocycles. The first-order valence-corrected chi connectivity index (χ1v) is 7.21. The number of anilines is 1. The Morgan fingerprint density at radius 2 is 2.21 bits per heavy atom. The Labute approximate surface area is 125 Å². The predicted molar refractivity (Wildman–Crippen MR) is 79.9 cm³/mol. The largest absolute Gasteiger partial charge is 0.493 e. The van der Waals surface area contributed by atoms with Crippen molar-refractivity contribution in [3.63, 3.8) is 0 Å². The van der Waals surface area contributed by atoms with Crippen molar-refractivity contribution < 1.29 is 4.74 Å². The van der Waals surface area contributed by atoms with Gasteiger partial charge in [0.25, 0.3) is 0 Å². The van der Waals surface area contributed by atoms with Gasteiger partial charge in [0.1, 0.15) is 16.7 Å². The Morgan fingerprint density at radius 3 is 3.05 bits per heavy atom. The highest BCUT2D eigenvalue weighted by Gasteiger charge is 2.21. The second kappa shape index (κ2) is 5.39. The zero-order valence-electron chi connectivity index (χ0n) is 10.1. The monoisotopic (exact) mass is 338 g/mol. The minimum Gasteiger partial charge on any atom is -0.493 e. The van der Waals surface area contributed by atoms with Crippen LogP contribution in [0.25, 0.3) is 0 Å². The molecule has 1 aliphatic heterocycles. The fourth-order valence-electron chi connectivity index (χ4n) is 2.18. The molecular formula is C14H12BrClN2O. The van der Waals surface area contributed by atoms with Crippen LogP contribution in [0.3, 0.4) is 0 Å². The van der Waals surface area contributed by atoms with Gasteiger partial charge in [0.2, 0.25) is 0 Å². The molecule has 5 heteroatoms. The Kier molecular flexibility index (Phi) is 3.62. The maximum Gasteiger partial charge on any atom is 0.131 e. The lowest BCUT2D eigenvalue weighted by Gasteiger charge is -2.27. The summed E-state index contributed by atoms with van der Waals surface area (Å²) in [6.45, 7) is 0.701. The lowest BCUT2D eigenvalue weighted by atomic mass is 10.0. The van der Waals surface area contributed by atoms with Gasteiger partial charge >= 0.3 is 0 Å². The van der Waals surface area contributed by atoms with Crippen molar-refractivity contribution >= 4 is 33.3 Å². The number of pyridine rings is 1. The van der Waals surface area contributed by atoms with E-state index >= 15 is 0 Å². The van der Waals surface area contributed by atoms with E-state index in [0.29, 0.717) is 11.8 Å². The van der Waals surface area contributed by atoms with E-state index in [1.807, 2.05) is 24.3 Å². The maximum atomic E-state index is 5.90. The third kappa shape index (κ3) is 2.85. The van der Waals surface area contributed by atoms with Gasteiger partial charge in [-0.05, 0) is 30.3 Å². The van der Waals surface area contributed by atoms with Crippen molar-refractivity contribution in [1.29, 1.82) is 0 Å². The van der Waals surface area contributed by atoms with Gasteiger partial charge in [-0.25, -0.2) is 4.98 Å². The molecule has 1 aromatic heterocycles. The molecule has 0 radical (unpaired) electrons. The normalized spacial score (nSPS) is 17.5. The van der Waals surface area contributed by atoms with Crippen molar-refractivity contribution in [3.8, 4) is 5.75 Å². The number of hydrogen-bond donors (Lipinski definition) is 1. The van der Waals surface area contributed by atoms with Gasteiger partial charge in [-0.2, -0.15) is 0 Å². The number of halogens is 2. The molecule has 19 heavy (non-hydrogen) atoms. The molecule has 3 nitrogen and oxygen atoms in total. The Hall–Kier alpha value is -1.26. The van der Waals surface area contributed by atoms with Gasteiger partial charge in [-0.1, -0.05) is 33.6 Å².